The molecule has 4 nitrogen and oxygen atoms in total. The zero-order chi connectivity index (χ0) is 14.3. The van der Waals surface area contributed by atoms with Gasteiger partial charge in [-0.3, -0.25) is 9.69 Å². The summed E-state index contributed by atoms with van der Waals surface area (Å²) in [5.41, 5.74) is 6.32. The van der Waals surface area contributed by atoms with Crippen molar-refractivity contribution in [1.82, 2.24) is 9.80 Å². The lowest BCUT2D eigenvalue weighted by atomic mass is 9.84. The zero-order valence-corrected chi connectivity index (χ0v) is 12.9. The summed E-state index contributed by atoms with van der Waals surface area (Å²) in [6.07, 6.45) is 4.80. The van der Waals surface area contributed by atoms with Crippen molar-refractivity contribution in [3.8, 4) is 0 Å². The van der Waals surface area contributed by atoms with Crippen molar-refractivity contribution in [3.63, 3.8) is 0 Å². The van der Waals surface area contributed by atoms with Crippen LogP contribution in [0.15, 0.2) is 0 Å². The first-order valence-corrected chi connectivity index (χ1v) is 8.44. The monoisotopic (exact) mass is 279 g/mol. The minimum Gasteiger partial charge on any atom is -0.341 e. The van der Waals surface area contributed by atoms with Crippen LogP contribution in [0, 0.1) is 17.8 Å². The summed E-state index contributed by atoms with van der Waals surface area (Å²) >= 11 is 0. The number of likely N-dealkylation sites (N-methyl/N-ethyl adjacent to an activating group) is 1. The van der Waals surface area contributed by atoms with Crippen molar-refractivity contribution < 1.29 is 4.79 Å². The van der Waals surface area contributed by atoms with E-state index in [0.29, 0.717) is 23.8 Å². The number of nitrogens with two attached hydrogens (primary N) is 1. The molecule has 2 N–H and O–H groups in total. The van der Waals surface area contributed by atoms with Crippen molar-refractivity contribution in [2.75, 3.05) is 26.2 Å². The van der Waals surface area contributed by atoms with E-state index in [2.05, 4.69) is 23.6 Å². The van der Waals surface area contributed by atoms with Crippen LogP contribution in [0.2, 0.25) is 0 Å². The average molecular weight is 279 g/mol. The summed E-state index contributed by atoms with van der Waals surface area (Å²) in [7, 11) is 0. The standard InChI is InChI=1S/C16H29N3O/c1-3-18(4-2)13-7-8-19(10-13)16(20)14-11-5-6-12(9-11)15(14)17/h11-15H,3-10,17H2,1-2H3. The SMILES string of the molecule is CCN(CC)C1CCN(C(=O)C2C3CCC(C3)C2N)C1. The molecule has 0 aromatic rings. The van der Waals surface area contributed by atoms with Crippen molar-refractivity contribution in [1.29, 1.82) is 0 Å². The van der Waals surface area contributed by atoms with Gasteiger partial charge in [-0.05, 0) is 50.6 Å². The summed E-state index contributed by atoms with van der Waals surface area (Å²) in [6.45, 7) is 8.43. The molecule has 4 heteroatoms. The van der Waals surface area contributed by atoms with E-state index in [1.165, 1.54) is 19.3 Å². The lowest BCUT2D eigenvalue weighted by Gasteiger charge is -2.31. The van der Waals surface area contributed by atoms with Gasteiger partial charge in [-0.2, -0.15) is 0 Å². The minimum atomic E-state index is 0.129. The maximum absolute atomic E-state index is 12.8. The van der Waals surface area contributed by atoms with Gasteiger partial charge in [-0.1, -0.05) is 13.8 Å². The van der Waals surface area contributed by atoms with Gasteiger partial charge in [0.2, 0.25) is 5.91 Å². The van der Waals surface area contributed by atoms with E-state index in [4.69, 9.17) is 5.73 Å². The van der Waals surface area contributed by atoms with Gasteiger partial charge in [-0.25, -0.2) is 0 Å². The number of rotatable bonds is 4. The van der Waals surface area contributed by atoms with Crippen LogP contribution in [0.5, 0.6) is 0 Å². The highest BCUT2D eigenvalue weighted by Gasteiger charge is 2.50. The number of nitrogens with zero attached hydrogens (tertiary/aromatic N) is 2. The largest absolute Gasteiger partial charge is 0.341 e. The molecule has 5 atom stereocenters. The highest BCUT2D eigenvalue weighted by molar-refractivity contribution is 5.81. The van der Waals surface area contributed by atoms with E-state index < -0.39 is 0 Å². The number of carbonyl (C=O) groups excluding carboxylic acids is 1. The molecule has 0 aromatic carbocycles. The molecule has 1 saturated heterocycles. The van der Waals surface area contributed by atoms with Crippen LogP contribution in [-0.4, -0.2) is 54.0 Å². The molecule has 114 valence electrons. The molecule has 3 aliphatic rings. The zero-order valence-electron chi connectivity index (χ0n) is 12.9. The van der Waals surface area contributed by atoms with E-state index in [-0.39, 0.29) is 12.0 Å². The van der Waals surface area contributed by atoms with Crippen molar-refractivity contribution in [2.24, 2.45) is 23.5 Å². The molecule has 20 heavy (non-hydrogen) atoms. The lowest BCUT2D eigenvalue weighted by Crippen LogP contribution is -2.47. The van der Waals surface area contributed by atoms with E-state index in [9.17, 15) is 4.79 Å². The Kier molecular flexibility index (Phi) is 4.04. The summed E-state index contributed by atoms with van der Waals surface area (Å²) in [6, 6.07) is 0.692. The van der Waals surface area contributed by atoms with E-state index >= 15 is 0 Å². The van der Waals surface area contributed by atoms with Gasteiger partial charge in [0, 0.05) is 25.2 Å². The summed E-state index contributed by atoms with van der Waals surface area (Å²) in [5.74, 6) is 1.69. The molecular weight excluding hydrogens is 250 g/mol. The maximum Gasteiger partial charge on any atom is 0.227 e. The van der Waals surface area contributed by atoms with E-state index in [1.807, 2.05) is 0 Å². The molecule has 0 radical (unpaired) electrons. The normalized spacial score (nSPS) is 40.0. The number of hydrogen-bond acceptors (Lipinski definition) is 3. The second-order valence-corrected chi connectivity index (χ2v) is 6.88. The fourth-order valence-electron chi connectivity index (χ4n) is 4.89. The van der Waals surface area contributed by atoms with Gasteiger partial charge in [0.25, 0.3) is 0 Å². The molecule has 3 fully saturated rings. The van der Waals surface area contributed by atoms with Crippen molar-refractivity contribution >= 4 is 5.91 Å². The molecule has 1 heterocycles. The molecule has 3 rings (SSSR count). The Morgan fingerprint density at radius 2 is 1.90 bits per heavy atom. The van der Waals surface area contributed by atoms with Crippen molar-refractivity contribution in [3.05, 3.63) is 0 Å². The smallest absolute Gasteiger partial charge is 0.227 e. The van der Waals surface area contributed by atoms with Gasteiger partial charge in [0.1, 0.15) is 0 Å². The third-order valence-electron chi connectivity index (χ3n) is 6.07. The third kappa shape index (κ3) is 2.27. The van der Waals surface area contributed by atoms with Crippen LogP contribution in [-0.2, 0) is 4.79 Å². The minimum absolute atomic E-state index is 0.129. The van der Waals surface area contributed by atoms with Crippen molar-refractivity contribution in [2.45, 2.75) is 51.6 Å². The first-order valence-electron chi connectivity index (χ1n) is 8.44. The van der Waals surface area contributed by atoms with Gasteiger partial charge in [0.05, 0.1) is 5.92 Å². The molecular formula is C16H29N3O. The Morgan fingerprint density at radius 1 is 1.20 bits per heavy atom. The lowest BCUT2D eigenvalue weighted by molar-refractivity contribution is -0.136. The van der Waals surface area contributed by atoms with Gasteiger partial charge >= 0.3 is 0 Å². The first kappa shape index (κ1) is 14.3. The third-order valence-corrected chi connectivity index (χ3v) is 6.07. The van der Waals surface area contributed by atoms with Gasteiger partial charge in [-0.15, -0.1) is 0 Å². The predicted molar refractivity (Wildman–Crippen MR) is 80.2 cm³/mol. The van der Waals surface area contributed by atoms with E-state index in [1.54, 1.807) is 0 Å². The molecule has 0 aromatic heterocycles. The molecule has 1 aliphatic heterocycles. The topological polar surface area (TPSA) is 49.6 Å². The summed E-state index contributed by atoms with van der Waals surface area (Å²) in [4.78, 5) is 17.4. The van der Waals surface area contributed by atoms with Crippen LogP contribution in [0.25, 0.3) is 0 Å². The van der Waals surface area contributed by atoms with Gasteiger partial charge in [0.15, 0.2) is 0 Å². The summed E-state index contributed by atoms with van der Waals surface area (Å²) < 4.78 is 0. The second-order valence-electron chi connectivity index (χ2n) is 6.88. The Hall–Kier alpha value is -0.610. The average Bonchev–Trinajstić information content (AvgIpc) is 3.14. The molecule has 2 saturated carbocycles. The Morgan fingerprint density at radius 3 is 2.50 bits per heavy atom. The Balaban J connectivity index is 1.62. The Labute approximate surface area is 122 Å². The predicted octanol–water partition coefficient (Wildman–Crippen LogP) is 1.30. The van der Waals surface area contributed by atoms with Crippen LogP contribution in [0.4, 0.5) is 0 Å². The van der Waals surface area contributed by atoms with Crippen LogP contribution in [0.3, 0.4) is 0 Å². The molecule has 1 amide bonds. The number of carbonyl (C=O) groups is 1. The maximum atomic E-state index is 12.8. The highest BCUT2D eigenvalue weighted by Crippen LogP contribution is 2.48. The number of likely N-dealkylation sites (tertiary alicyclic amines) is 1. The highest BCUT2D eigenvalue weighted by atomic mass is 16.2. The quantitative estimate of drug-likeness (QED) is 0.844. The molecule has 5 unspecified atom stereocenters. The van der Waals surface area contributed by atoms with E-state index in [0.717, 1.165) is 32.6 Å². The molecule has 2 bridgehead atoms. The van der Waals surface area contributed by atoms with Crippen LogP contribution in [0.1, 0.15) is 39.5 Å². The van der Waals surface area contributed by atoms with Crippen LogP contribution < -0.4 is 5.73 Å². The first-order chi connectivity index (χ1) is 9.65. The van der Waals surface area contributed by atoms with Gasteiger partial charge < -0.3 is 10.6 Å². The number of fused-ring (bicyclic) bond motifs is 2. The molecule has 2 aliphatic carbocycles. The number of hydrogen-bond donors (Lipinski definition) is 1. The summed E-state index contributed by atoms with van der Waals surface area (Å²) in [5, 5.41) is 0. The fourth-order valence-corrected chi connectivity index (χ4v) is 4.89. The second kappa shape index (κ2) is 5.64. The fraction of sp³-hybridized carbons (Fsp3) is 0.938. The molecule has 0 spiro atoms. The number of amides is 1. The Bertz CT molecular complexity index is 367. The van der Waals surface area contributed by atoms with Crippen LogP contribution >= 0.6 is 0 Å².